The summed E-state index contributed by atoms with van der Waals surface area (Å²) in [4.78, 5) is 16.3. The first kappa shape index (κ1) is 21.4. The quantitative estimate of drug-likeness (QED) is 0.335. The molecule has 1 saturated carbocycles. The predicted octanol–water partition coefficient (Wildman–Crippen LogP) is 5.17. The molecule has 1 amide bonds. The molecule has 1 aromatic heterocycles. The van der Waals surface area contributed by atoms with Gasteiger partial charge < -0.3 is 4.52 Å². The lowest BCUT2D eigenvalue weighted by atomic mass is 9.84. The van der Waals surface area contributed by atoms with E-state index in [4.69, 9.17) is 9.73 Å². The molecular formula is C21H33N3O3. The Hall–Kier alpha value is -1.95. The molecule has 0 aromatic carbocycles. The van der Waals surface area contributed by atoms with Crippen LogP contribution in [0.1, 0.15) is 95.7 Å². The Labute approximate surface area is 162 Å². The van der Waals surface area contributed by atoms with E-state index in [2.05, 4.69) is 17.1 Å². The third-order valence-electron chi connectivity index (χ3n) is 5.27. The van der Waals surface area contributed by atoms with E-state index in [0.717, 1.165) is 30.8 Å². The van der Waals surface area contributed by atoms with Gasteiger partial charge in [-0.2, -0.15) is 4.98 Å². The van der Waals surface area contributed by atoms with E-state index < -0.39 is 5.91 Å². The Bertz CT molecular complexity index is 630. The second-order valence-electron chi connectivity index (χ2n) is 7.39. The molecule has 0 spiro atoms. The number of hydroxylamine groups is 1. The zero-order chi connectivity index (χ0) is 19.5. The van der Waals surface area contributed by atoms with Crippen LogP contribution in [0.25, 0.3) is 5.57 Å². The van der Waals surface area contributed by atoms with Crippen molar-refractivity contribution in [3.05, 3.63) is 29.9 Å². The Kier molecular flexibility index (Phi) is 9.25. The third kappa shape index (κ3) is 6.94. The number of nitrogens with one attached hydrogen (secondary N) is 1. The van der Waals surface area contributed by atoms with Gasteiger partial charge in [-0.05, 0) is 25.7 Å². The van der Waals surface area contributed by atoms with Gasteiger partial charge in [0.2, 0.25) is 17.6 Å². The first-order valence-corrected chi connectivity index (χ1v) is 10.3. The van der Waals surface area contributed by atoms with Gasteiger partial charge in [0.1, 0.15) is 0 Å². The molecule has 0 bridgehead atoms. The van der Waals surface area contributed by atoms with Gasteiger partial charge in [0.25, 0.3) is 0 Å². The van der Waals surface area contributed by atoms with Gasteiger partial charge in [-0.25, -0.2) is 5.48 Å². The van der Waals surface area contributed by atoms with E-state index in [9.17, 15) is 4.79 Å². The summed E-state index contributed by atoms with van der Waals surface area (Å²) < 4.78 is 5.49. The van der Waals surface area contributed by atoms with Crippen LogP contribution in [0.3, 0.4) is 0 Å². The van der Waals surface area contributed by atoms with Crippen LogP contribution in [-0.2, 0) is 4.79 Å². The number of carbonyl (C=O) groups excluding carboxylic acids is 1. The van der Waals surface area contributed by atoms with Gasteiger partial charge in [-0.1, -0.05) is 75.3 Å². The third-order valence-corrected chi connectivity index (χ3v) is 5.27. The van der Waals surface area contributed by atoms with Crippen molar-refractivity contribution >= 4 is 11.5 Å². The van der Waals surface area contributed by atoms with Crippen LogP contribution < -0.4 is 5.48 Å². The maximum atomic E-state index is 11.7. The van der Waals surface area contributed by atoms with Gasteiger partial charge >= 0.3 is 0 Å². The number of rotatable bonds is 10. The number of hydrogen-bond acceptors (Lipinski definition) is 5. The van der Waals surface area contributed by atoms with E-state index in [0.29, 0.717) is 11.7 Å². The molecule has 1 aliphatic carbocycles. The summed E-state index contributed by atoms with van der Waals surface area (Å²) in [5.74, 6) is 1.24. The first-order chi connectivity index (χ1) is 13.2. The van der Waals surface area contributed by atoms with Gasteiger partial charge in [0.15, 0.2) is 0 Å². The zero-order valence-electron chi connectivity index (χ0n) is 16.6. The summed E-state index contributed by atoms with van der Waals surface area (Å²) >= 11 is 0. The molecule has 1 atom stereocenters. The molecule has 0 saturated heterocycles. The smallest absolute Gasteiger partial charge is 0.244 e. The van der Waals surface area contributed by atoms with Crippen molar-refractivity contribution in [1.82, 2.24) is 15.6 Å². The highest BCUT2D eigenvalue weighted by Crippen LogP contribution is 2.31. The standard InChI is InChI=1S/C21H33N3O3/c1-3-9-17(10-4-2)20-22-21(27-24-20)18(15-19(25)23-26)14-8-13-16-11-6-5-7-12-16/h3,9-10,16,18,26H,4-8,11-15H2,1-2H3,(H,23,25)/b9-3-,17-10+/t18-/m1/s1. The average molecular weight is 376 g/mol. The number of allylic oxidation sites excluding steroid dienone is 4. The van der Waals surface area contributed by atoms with Crippen molar-refractivity contribution < 1.29 is 14.5 Å². The molecule has 1 fully saturated rings. The molecule has 0 unspecified atom stereocenters. The minimum absolute atomic E-state index is 0.152. The highest BCUT2D eigenvalue weighted by Gasteiger charge is 2.23. The predicted molar refractivity (Wildman–Crippen MR) is 105 cm³/mol. The lowest BCUT2D eigenvalue weighted by Crippen LogP contribution is -2.21. The van der Waals surface area contributed by atoms with E-state index in [1.54, 1.807) is 5.48 Å². The molecular weight excluding hydrogens is 342 g/mol. The van der Waals surface area contributed by atoms with Crippen LogP contribution in [0.4, 0.5) is 0 Å². The molecule has 1 aliphatic rings. The van der Waals surface area contributed by atoms with Crippen molar-refractivity contribution in [3.8, 4) is 0 Å². The van der Waals surface area contributed by atoms with Crippen molar-refractivity contribution in [1.29, 1.82) is 0 Å². The Morgan fingerprint density at radius 2 is 2.15 bits per heavy atom. The maximum Gasteiger partial charge on any atom is 0.244 e. The van der Waals surface area contributed by atoms with Crippen LogP contribution in [-0.4, -0.2) is 21.3 Å². The topological polar surface area (TPSA) is 88.2 Å². The van der Waals surface area contributed by atoms with Gasteiger partial charge in [-0.3, -0.25) is 10.0 Å². The van der Waals surface area contributed by atoms with Crippen molar-refractivity contribution in [2.45, 2.75) is 84.0 Å². The SMILES string of the molecule is C/C=C\C(=C/CC)c1noc([C@H](CCCC2CCCCC2)CC(=O)NO)n1. The Balaban J connectivity index is 2.04. The van der Waals surface area contributed by atoms with Gasteiger partial charge in [0, 0.05) is 17.9 Å². The fourth-order valence-corrected chi connectivity index (χ4v) is 3.86. The fraction of sp³-hybridized carbons (Fsp3) is 0.667. The maximum absolute atomic E-state index is 11.7. The average Bonchev–Trinajstić information content (AvgIpc) is 3.17. The van der Waals surface area contributed by atoms with Gasteiger partial charge in [-0.15, -0.1) is 0 Å². The van der Waals surface area contributed by atoms with E-state index >= 15 is 0 Å². The minimum atomic E-state index is -0.421. The minimum Gasteiger partial charge on any atom is -0.339 e. The molecule has 1 aromatic rings. The Morgan fingerprint density at radius 3 is 2.81 bits per heavy atom. The second kappa shape index (κ2) is 11.7. The second-order valence-corrected chi connectivity index (χ2v) is 7.39. The summed E-state index contributed by atoms with van der Waals surface area (Å²) in [6.07, 6.45) is 16.7. The first-order valence-electron chi connectivity index (χ1n) is 10.3. The highest BCUT2D eigenvalue weighted by molar-refractivity contribution is 5.75. The molecule has 6 heteroatoms. The number of carbonyl (C=O) groups is 1. The molecule has 2 rings (SSSR count). The molecule has 0 aliphatic heterocycles. The summed E-state index contributed by atoms with van der Waals surface area (Å²) in [7, 11) is 0. The number of nitrogens with zero attached hydrogens (tertiary/aromatic N) is 2. The molecule has 2 N–H and O–H groups in total. The van der Waals surface area contributed by atoms with Crippen LogP contribution in [0.5, 0.6) is 0 Å². The van der Waals surface area contributed by atoms with Crippen molar-refractivity contribution in [3.63, 3.8) is 0 Å². The fourth-order valence-electron chi connectivity index (χ4n) is 3.86. The molecule has 6 nitrogen and oxygen atoms in total. The molecule has 150 valence electrons. The summed E-state index contributed by atoms with van der Waals surface area (Å²) in [5, 5.41) is 13.0. The van der Waals surface area contributed by atoms with Crippen LogP contribution in [0.2, 0.25) is 0 Å². The Morgan fingerprint density at radius 1 is 1.37 bits per heavy atom. The van der Waals surface area contributed by atoms with Crippen molar-refractivity contribution in [2.75, 3.05) is 0 Å². The van der Waals surface area contributed by atoms with Crippen LogP contribution >= 0.6 is 0 Å². The molecule has 27 heavy (non-hydrogen) atoms. The van der Waals surface area contributed by atoms with E-state index in [1.165, 1.54) is 38.5 Å². The zero-order valence-corrected chi connectivity index (χ0v) is 16.6. The monoisotopic (exact) mass is 375 g/mol. The number of amides is 1. The summed E-state index contributed by atoms with van der Waals surface area (Å²) in [6, 6.07) is 0. The van der Waals surface area contributed by atoms with Crippen LogP contribution in [0, 0.1) is 5.92 Å². The summed E-state index contributed by atoms with van der Waals surface area (Å²) in [6.45, 7) is 4.01. The normalized spacial score (nSPS) is 17.4. The largest absolute Gasteiger partial charge is 0.339 e. The van der Waals surface area contributed by atoms with E-state index in [1.807, 2.05) is 25.2 Å². The number of hydrogen-bond donors (Lipinski definition) is 2. The van der Waals surface area contributed by atoms with Crippen LogP contribution in [0.15, 0.2) is 22.8 Å². The molecule has 0 radical (unpaired) electrons. The molecule has 1 heterocycles. The number of aromatic nitrogens is 2. The van der Waals surface area contributed by atoms with Gasteiger partial charge in [0.05, 0.1) is 0 Å². The highest BCUT2D eigenvalue weighted by atomic mass is 16.5. The van der Waals surface area contributed by atoms with Crippen molar-refractivity contribution in [2.24, 2.45) is 5.92 Å². The lowest BCUT2D eigenvalue weighted by Gasteiger charge is -2.22. The van der Waals surface area contributed by atoms with E-state index in [-0.39, 0.29) is 12.3 Å². The summed E-state index contributed by atoms with van der Waals surface area (Å²) in [5.41, 5.74) is 2.64. The lowest BCUT2D eigenvalue weighted by molar-refractivity contribution is -0.129.